The predicted molar refractivity (Wildman–Crippen MR) is 218 cm³/mol. The average Bonchev–Trinajstić information content (AvgIpc) is 3.87. The molecule has 2 unspecified atom stereocenters. The molecule has 0 radical (unpaired) electrons. The van der Waals surface area contributed by atoms with Crippen LogP contribution in [0.25, 0.3) is 0 Å². The van der Waals surface area contributed by atoms with Gasteiger partial charge in [0.1, 0.15) is 11.0 Å². The number of hydrogen-bond acceptors (Lipinski definition) is 9. The lowest BCUT2D eigenvalue weighted by Crippen LogP contribution is -2.59. The van der Waals surface area contributed by atoms with Gasteiger partial charge in [-0.15, -0.1) is 11.3 Å². The Kier molecular flexibility index (Phi) is 18.2. The topological polar surface area (TPSA) is 133 Å². The van der Waals surface area contributed by atoms with Gasteiger partial charge in [-0.25, -0.2) is 4.98 Å². The molecule has 1 saturated heterocycles. The van der Waals surface area contributed by atoms with Crippen molar-refractivity contribution < 1.29 is 28.7 Å². The molecule has 308 valence electrons. The number of aromatic nitrogens is 1. The number of thiazole rings is 1. The summed E-state index contributed by atoms with van der Waals surface area (Å²) in [6.45, 7) is 14.3. The third-order valence-electron chi connectivity index (χ3n) is 11.3. The minimum Gasteiger partial charge on any atom is -0.379 e. The summed E-state index contributed by atoms with van der Waals surface area (Å²) in [6, 6.07) is 7.83. The number of ether oxygens (including phenoxy) is 2. The van der Waals surface area contributed by atoms with E-state index in [9.17, 15) is 19.2 Å². The monoisotopic (exact) mass is 784 g/mol. The van der Waals surface area contributed by atoms with Gasteiger partial charge in [0.2, 0.25) is 23.6 Å². The first-order valence-corrected chi connectivity index (χ1v) is 20.8. The van der Waals surface area contributed by atoms with Crippen LogP contribution in [0.15, 0.2) is 41.9 Å². The first kappa shape index (κ1) is 46.0. The fourth-order valence-electron chi connectivity index (χ4n) is 8.17. The molecule has 1 aromatic heterocycles. The lowest BCUT2D eigenvalue weighted by molar-refractivity contribution is -0.148. The maximum absolute atomic E-state index is 14.3. The first-order valence-electron chi connectivity index (χ1n) is 19.9. The normalized spacial score (nSPS) is 19.0. The Bertz CT molecular complexity index is 1480. The zero-order chi connectivity index (χ0) is 41.0. The molecule has 0 aliphatic carbocycles. The van der Waals surface area contributed by atoms with Crippen molar-refractivity contribution in [3.63, 3.8) is 0 Å². The van der Waals surface area contributed by atoms with Crippen LogP contribution in [-0.4, -0.2) is 122 Å². The molecule has 0 bridgehead atoms. The minimum absolute atomic E-state index is 0.00751. The van der Waals surface area contributed by atoms with Crippen LogP contribution in [0.4, 0.5) is 0 Å². The molecule has 9 atom stereocenters. The lowest BCUT2D eigenvalue weighted by atomic mass is 9.89. The standard InChI is InChI=1S/C42H68N6O6S/c1-13-28(6)37(47(10)42(52)35(26(2)3)45-40(51)36(27(4)5)46(8)9)33(53-11)25-34(49)48-22-17-20-32(48)38(54-12)29(7)39(50)44-31(41-43-21-23-55-41)24-30-18-15-14-16-19-30/h14-16,18-19,21,23,26-29,31-33,35-38H,13,17,20,22,24-25H2,1-12H3,(H,44,50)(H,45,51)/t28-,29+,31+,32?,33?,35+,36+,37-,38+/m1/s1. The van der Waals surface area contributed by atoms with E-state index in [0.29, 0.717) is 19.4 Å². The highest BCUT2D eigenvalue weighted by Gasteiger charge is 2.43. The number of carbonyl (C=O) groups excluding carboxylic acids is 4. The molecule has 55 heavy (non-hydrogen) atoms. The van der Waals surface area contributed by atoms with Crippen LogP contribution in [0.5, 0.6) is 0 Å². The molecule has 0 saturated carbocycles. The third kappa shape index (κ3) is 12.1. The van der Waals surface area contributed by atoms with Gasteiger partial charge < -0.3 is 29.9 Å². The minimum atomic E-state index is -0.751. The van der Waals surface area contributed by atoms with E-state index in [2.05, 4.69) is 29.5 Å². The second-order valence-corrected chi connectivity index (χ2v) is 17.0. The molecule has 13 heteroatoms. The molecule has 2 heterocycles. The van der Waals surface area contributed by atoms with E-state index in [1.807, 2.05) is 94.2 Å². The molecule has 1 fully saturated rings. The van der Waals surface area contributed by atoms with Gasteiger partial charge in [-0.1, -0.05) is 85.2 Å². The number of likely N-dealkylation sites (N-methyl/N-ethyl adjacent to an activating group) is 2. The van der Waals surface area contributed by atoms with Gasteiger partial charge in [0.05, 0.1) is 48.7 Å². The number of hydrogen-bond donors (Lipinski definition) is 2. The smallest absolute Gasteiger partial charge is 0.245 e. The third-order valence-corrected chi connectivity index (χ3v) is 12.2. The van der Waals surface area contributed by atoms with Crippen LogP contribution < -0.4 is 10.6 Å². The van der Waals surface area contributed by atoms with Crippen molar-refractivity contribution in [3.8, 4) is 0 Å². The van der Waals surface area contributed by atoms with Crippen molar-refractivity contribution in [1.82, 2.24) is 30.3 Å². The summed E-state index contributed by atoms with van der Waals surface area (Å²) in [4.78, 5) is 65.8. The van der Waals surface area contributed by atoms with Gasteiger partial charge in [-0.05, 0) is 56.7 Å². The summed E-state index contributed by atoms with van der Waals surface area (Å²) in [7, 11) is 8.66. The molecular weight excluding hydrogens is 717 g/mol. The van der Waals surface area contributed by atoms with Crippen LogP contribution in [0.2, 0.25) is 0 Å². The highest BCUT2D eigenvalue weighted by Crippen LogP contribution is 2.30. The Morgan fingerprint density at radius 1 is 0.945 bits per heavy atom. The Balaban J connectivity index is 1.79. The van der Waals surface area contributed by atoms with E-state index in [1.54, 1.807) is 32.4 Å². The van der Waals surface area contributed by atoms with E-state index >= 15 is 0 Å². The largest absolute Gasteiger partial charge is 0.379 e. The van der Waals surface area contributed by atoms with Crippen LogP contribution in [0.3, 0.4) is 0 Å². The van der Waals surface area contributed by atoms with Crippen molar-refractivity contribution >= 4 is 35.0 Å². The Morgan fingerprint density at radius 2 is 1.62 bits per heavy atom. The summed E-state index contributed by atoms with van der Waals surface area (Å²) in [5.41, 5.74) is 1.09. The first-order chi connectivity index (χ1) is 26.1. The zero-order valence-electron chi connectivity index (χ0n) is 35.3. The van der Waals surface area contributed by atoms with Crippen molar-refractivity contribution in [2.24, 2.45) is 23.7 Å². The number of benzene rings is 1. The molecular formula is C42H68N6O6S. The van der Waals surface area contributed by atoms with Crippen LogP contribution >= 0.6 is 11.3 Å². The van der Waals surface area contributed by atoms with Gasteiger partial charge in [-0.3, -0.25) is 24.1 Å². The Hall–Kier alpha value is -3.39. The van der Waals surface area contributed by atoms with Gasteiger partial charge in [0.15, 0.2) is 0 Å². The molecule has 2 N–H and O–H groups in total. The van der Waals surface area contributed by atoms with E-state index in [1.165, 1.54) is 11.3 Å². The van der Waals surface area contributed by atoms with Gasteiger partial charge in [0.25, 0.3) is 0 Å². The van der Waals surface area contributed by atoms with Crippen molar-refractivity contribution in [1.29, 1.82) is 0 Å². The summed E-state index contributed by atoms with van der Waals surface area (Å²) >= 11 is 1.51. The van der Waals surface area contributed by atoms with Gasteiger partial charge in [0, 0.05) is 39.4 Å². The number of amides is 4. The average molecular weight is 785 g/mol. The Labute approximate surface area is 334 Å². The fraction of sp³-hybridized carbons (Fsp3) is 0.690. The van der Waals surface area contributed by atoms with Crippen LogP contribution in [-0.2, 0) is 35.1 Å². The molecule has 1 aliphatic heterocycles. The highest BCUT2D eigenvalue weighted by molar-refractivity contribution is 7.09. The van der Waals surface area contributed by atoms with Crippen molar-refractivity contribution in [2.75, 3.05) is 41.9 Å². The zero-order valence-corrected chi connectivity index (χ0v) is 36.1. The second-order valence-electron chi connectivity index (χ2n) is 16.1. The molecule has 4 amide bonds. The number of likely N-dealkylation sites (tertiary alicyclic amines) is 1. The van der Waals surface area contributed by atoms with Crippen LogP contribution in [0.1, 0.15) is 90.8 Å². The lowest BCUT2D eigenvalue weighted by Gasteiger charge is -2.41. The van der Waals surface area contributed by atoms with Gasteiger partial charge in [-0.2, -0.15) is 0 Å². The number of carbonyl (C=O) groups is 4. The second kappa shape index (κ2) is 21.8. The molecule has 12 nitrogen and oxygen atoms in total. The molecule has 1 aromatic carbocycles. The SMILES string of the molecule is CC[C@@H](C)[C@H](C(CC(=O)N1CCCC1[C@@H](OC)[C@H](C)C(=O)N[C@@H](Cc1ccccc1)c1nccs1)OC)N(C)C(=O)[C@@H](NC(=O)[C@H](C(C)C)N(C)C)C(C)C. The highest BCUT2D eigenvalue weighted by atomic mass is 32.1. The number of rotatable bonds is 21. The molecule has 1 aliphatic rings. The summed E-state index contributed by atoms with van der Waals surface area (Å²) in [5, 5.41) is 9.02. The fourth-order valence-corrected chi connectivity index (χ4v) is 8.86. The van der Waals surface area contributed by atoms with E-state index < -0.39 is 30.2 Å². The van der Waals surface area contributed by atoms with Crippen molar-refractivity contribution in [3.05, 3.63) is 52.5 Å². The summed E-state index contributed by atoms with van der Waals surface area (Å²) in [6.07, 6.45) is 3.49. The van der Waals surface area contributed by atoms with E-state index in [4.69, 9.17) is 9.47 Å². The number of nitrogens with one attached hydrogen (secondary N) is 2. The molecule has 0 spiro atoms. The summed E-state index contributed by atoms with van der Waals surface area (Å²) in [5.74, 6) is -1.35. The quantitative estimate of drug-likeness (QED) is 0.177. The maximum Gasteiger partial charge on any atom is 0.245 e. The number of nitrogens with zero attached hydrogens (tertiary/aromatic N) is 4. The van der Waals surface area contributed by atoms with Gasteiger partial charge >= 0.3 is 0 Å². The maximum atomic E-state index is 14.3. The number of methoxy groups -OCH3 is 2. The van der Waals surface area contributed by atoms with Crippen molar-refractivity contribution in [2.45, 2.75) is 123 Å². The molecule has 2 aromatic rings. The van der Waals surface area contributed by atoms with E-state index in [-0.39, 0.29) is 65.9 Å². The van der Waals surface area contributed by atoms with Crippen LogP contribution in [0, 0.1) is 23.7 Å². The Morgan fingerprint density at radius 3 is 2.15 bits per heavy atom. The molecule has 3 rings (SSSR count). The summed E-state index contributed by atoms with van der Waals surface area (Å²) < 4.78 is 12.1. The van der Waals surface area contributed by atoms with E-state index in [0.717, 1.165) is 23.4 Å². The predicted octanol–water partition coefficient (Wildman–Crippen LogP) is 5.19.